The highest BCUT2D eigenvalue weighted by Crippen LogP contribution is 2.22. The second-order valence-corrected chi connectivity index (χ2v) is 12.1. The van der Waals surface area contributed by atoms with Crippen LogP contribution < -0.4 is 15.4 Å². The van der Waals surface area contributed by atoms with Gasteiger partial charge in [-0.3, -0.25) is 25.7 Å². The minimum Gasteiger partial charge on any atom is -0.444 e. The Morgan fingerprint density at radius 1 is 0.895 bits per heavy atom. The van der Waals surface area contributed by atoms with E-state index in [1.807, 2.05) is 0 Å². The lowest BCUT2D eigenvalue weighted by Crippen LogP contribution is -2.47. The summed E-state index contributed by atoms with van der Waals surface area (Å²) in [4.78, 5) is 38.4. The maximum absolute atomic E-state index is 12.4. The first-order valence-electron chi connectivity index (χ1n) is 12.3. The Morgan fingerprint density at radius 3 is 1.92 bits per heavy atom. The second kappa shape index (κ2) is 14.6. The number of sulfonamides is 1. The number of nitrogens with zero attached hydrogens (tertiary/aromatic N) is 2. The fourth-order valence-electron chi connectivity index (χ4n) is 2.99. The number of amides is 2. The van der Waals surface area contributed by atoms with Gasteiger partial charge in [0.05, 0.1) is 4.92 Å². The molecule has 0 aliphatic rings. The number of carbonyl (C=O) groups excluding carboxylic acids is 2. The molecule has 14 heteroatoms. The van der Waals surface area contributed by atoms with Crippen LogP contribution in [0.25, 0.3) is 0 Å². The number of para-hydroxylation sites is 1. The molecule has 1 aromatic rings. The van der Waals surface area contributed by atoms with Crippen LogP contribution in [0.2, 0.25) is 0 Å². The number of nitro groups is 1. The van der Waals surface area contributed by atoms with Crippen molar-refractivity contribution >= 4 is 33.9 Å². The number of nitrogens with one attached hydrogen (secondary N) is 3. The Kier molecular flexibility index (Phi) is 12.6. The maximum Gasteiger partial charge on any atom is 0.414 e. The fourth-order valence-corrected chi connectivity index (χ4v) is 4.23. The zero-order valence-corrected chi connectivity index (χ0v) is 23.6. The molecule has 3 N–H and O–H groups in total. The van der Waals surface area contributed by atoms with E-state index in [-0.39, 0.29) is 17.4 Å². The van der Waals surface area contributed by atoms with Gasteiger partial charge in [-0.05, 0) is 60.5 Å². The molecular formula is C24H39N5O8S. The number of ether oxygens (including phenoxy) is 2. The molecule has 13 nitrogen and oxygen atoms in total. The number of carbonyl (C=O) groups is 2. The Morgan fingerprint density at radius 2 is 1.39 bits per heavy atom. The zero-order valence-electron chi connectivity index (χ0n) is 22.8. The first kappa shape index (κ1) is 32.8. The lowest BCUT2D eigenvalue weighted by atomic mass is 10.1. The summed E-state index contributed by atoms with van der Waals surface area (Å²) in [5.41, 5.74) is -1.93. The Bertz CT molecular complexity index is 1060. The van der Waals surface area contributed by atoms with Crippen molar-refractivity contribution in [3.63, 3.8) is 0 Å². The minimum atomic E-state index is -3.99. The van der Waals surface area contributed by atoms with Gasteiger partial charge in [0, 0.05) is 19.2 Å². The molecule has 1 aromatic carbocycles. The van der Waals surface area contributed by atoms with Crippen molar-refractivity contribution in [2.45, 2.75) is 89.7 Å². The largest absolute Gasteiger partial charge is 0.444 e. The molecule has 0 aromatic heterocycles. The van der Waals surface area contributed by atoms with Crippen molar-refractivity contribution in [3.8, 4) is 0 Å². The van der Waals surface area contributed by atoms with Gasteiger partial charge in [0.25, 0.3) is 5.69 Å². The maximum atomic E-state index is 12.4. The summed E-state index contributed by atoms with van der Waals surface area (Å²) in [6.07, 6.45) is 1.95. The van der Waals surface area contributed by atoms with Crippen molar-refractivity contribution in [2.24, 2.45) is 4.99 Å². The van der Waals surface area contributed by atoms with Gasteiger partial charge in [0.1, 0.15) is 11.2 Å². The molecule has 0 radical (unpaired) electrons. The standard InChI is InChI=1S/C24H39N5O8S/c1-23(2,3)36-21(30)27-20(28-22(31)37-24(4,5)6)25-16-12-8-7-9-13-17-26-38(34,35)19-15-11-10-14-18(19)29(32)33/h10-11,14-15,26H,7-9,12-13,16-17H2,1-6H3,(H2,25,27,28,30,31). The van der Waals surface area contributed by atoms with Crippen molar-refractivity contribution in [1.82, 2.24) is 15.4 Å². The molecule has 0 saturated heterocycles. The van der Waals surface area contributed by atoms with Crippen LogP contribution in [-0.2, 0) is 19.5 Å². The van der Waals surface area contributed by atoms with E-state index in [0.29, 0.717) is 19.4 Å². The molecule has 0 aliphatic heterocycles. The van der Waals surface area contributed by atoms with Gasteiger partial charge in [-0.2, -0.15) is 0 Å². The normalized spacial score (nSPS) is 11.8. The summed E-state index contributed by atoms with van der Waals surface area (Å²) in [6.45, 7) is 10.7. The molecule has 0 bridgehead atoms. The van der Waals surface area contributed by atoms with Crippen LogP contribution >= 0.6 is 0 Å². The van der Waals surface area contributed by atoms with E-state index >= 15 is 0 Å². The third kappa shape index (κ3) is 13.9. The first-order chi connectivity index (χ1) is 17.5. The van der Waals surface area contributed by atoms with Gasteiger partial charge >= 0.3 is 12.2 Å². The number of benzene rings is 1. The summed E-state index contributed by atoms with van der Waals surface area (Å²) >= 11 is 0. The van der Waals surface area contributed by atoms with Crippen LogP contribution in [0, 0.1) is 10.1 Å². The topological polar surface area (TPSA) is 178 Å². The third-order valence-electron chi connectivity index (χ3n) is 4.49. The highest BCUT2D eigenvalue weighted by atomic mass is 32.2. The van der Waals surface area contributed by atoms with Crippen LogP contribution in [0.3, 0.4) is 0 Å². The van der Waals surface area contributed by atoms with Gasteiger partial charge in [-0.1, -0.05) is 31.4 Å². The lowest BCUT2D eigenvalue weighted by Gasteiger charge is -2.22. The highest BCUT2D eigenvalue weighted by molar-refractivity contribution is 7.89. The van der Waals surface area contributed by atoms with Crippen LogP contribution in [0.1, 0.15) is 73.6 Å². The van der Waals surface area contributed by atoms with E-state index in [4.69, 9.17) is 9.47 Å². The molecule has 2 amide bonds. The molecular weight excluding hydrogens is 518 g/mol. The van der Waals surface area contributed by atoms with Crippen LogP contribution in [0.5, 0.6) is 0 Å². The van der Waals surface area contributed by atoms with Crippen LogP contribution in [0.15, 0.2) is 34.2 Å². The predicted molar refractivity (Wildman–Crippen MR) is 142 cm³/mol. The molecule has 0 spiro atoms. The van der Waals surface area contributed by atoms with Gasteiger partial charge in [-0.15, -0.1) is 0 Å². The molecule has 0 fully saturated rings. The minimum absolute atomic E-state index is 0.0853. The average Bonchev–Trinajstić information content (AvgIpc) is 2.75. The van der Waals surface area contributed by atoms with E-state index < -0.39 is 44.0 Å². The van der Waals surface area contributed by atoms with Gasteiger partial charge in [0.2, 0.25) is 16.0 Å². The molecule has 0 saturated carbocycles. The summed E-state index contributed by atoms with van der Waals surface area (Å²) in [7, 11) is -3.99. The molecule has 0 heterocycles. The number of rotatable bonds is 11. The molecule has 214 valence electrons. The SMILES string of the molecule is CC(C)(C)OC(=O)NC(=NCCCCCCCNS(=O)(=O)c1ccccc1[N+](=O)[O-])NC(=O)OC(C)(C)C. The molecule has 0 atom stereocenters. The lowest BCUT2D eigenvalue weighted by molar-refractivity contribution is -0.387. The molecule has 1 rings (SSSR count). The molecule has 38 heavy (non-hydrogen) atoms. The number of hydrogen-bond acceptors (Lipinski definition) is 9. The molecule has 0 unspecified atom stereocenters. The summed E-state index contributed by atoms with van der Waals surface area (Å²) < 4.78 is 37.6. The van der Waals surface area contributed by atoms with Crippen molar-refractivity contribution in [2.75, 3.05) is 13.1 Å². The number of alkyl carbamates (subject to hydrolysis) is 2. The smallest absolute Gasteiger partial charge is 0.414 e. The number of unbranched alkanes of at least 4 members (excludes halogenated alkanes) is 4. The van der Waals surface area contributed by atoms with Crippen molar-refractivity contribution in [1.29, 1.82) is 0 Å². The predicted octanol–water partition coefficient (Wildman–Crippen LogP) is 4.23. The van der Waals surface area contributed by atoms with E-state index in [2.05, 4.69) is 20.3 Å². The number of nitro benzene ring substituents is 1. The Balaban J connectivity index is 2.49. The monoisotopic (exact) mass is 557 g/mol. The quantitative estimate of drug-likeness (QED) is 0.119. The van der Waals surface area contributed by atoms with Gasteiger partial charge < -0.3 is 9.47 Å². The Labute approximate surface area is 224 Å². The highest BCUT2D eigenvalue weighted by Gasteiger charge is 2.24. The van der Waals surface area contributed by atoms with Gasteiger partial charge in [0.15, 0.2) is 4.90 Å². The van der Waals surface area contributed by atoms with Crippen LogP contribution in [-0.4, -0.2) is 55.8 Å². The first-order valence-corrected chi connectivity index (χ1v) is 13.8. The fraction of sp³-hybridized carbons (Fsp3) is 0.625. The number of hydrogen-bond donors (Lipinski definition) is 3. The van der Waals surface area contributed by atoms with Gasteiger partial charge in [-0.25, -0.2) is 22.7 Å². The van der Waals surface area contributed by atoms with E-state index in [1.54, 1.807) is 41.5 Å². The summed E-state index contributed by atoms with van der Waals surface area (Å²) in [5, 5.41) is 15.9. The van der Waals surface area contributed by atoms with Crippen LogP contribution in [0.4, 0.5) is 15.3 Å². The van der Waals surface area contributed by atoms with E-state index in [0.717, 1.165) is 25.3 Å². The van der Waals surface area contributed by atoms with Crippen molar-refractivity contribution < 1.29 is 32.4 Å². The Hall–Kier alpha value is -3.26. The molecule has 0 aliphatic carbocycles. The number of guanidine groups is 1. The third-order valence-corrected chi connectivity index (χ3v) is 6.00. The summed E-state index contributed by atoms with van der Waals surface area (Å²) in [5.74, 6) is -0.0853. The zero-order chi connectivity index (χ0) is 29.0. The number of aliphatic imine (C=N–C) groups is 1. The second-order valence-electron chi connectivity index (χ2n) is 10.4. The van der Waals surface area contributed by atoms with Crippen molar-refractivity contribution in [3.05, 3.63) is 34.4 Å². The van der Waals surface area contributed by atoms with E-state index in [1.165, 1.54) is 18.2 Å². The van der Waals surface area contributed by atoms with E-state index in [9.17, 15) is 28.1 Å². The summed E-state index contributed by atoms with van der Waals surface area (Å²) in [6, 6.07) is 5.19. The average molecular weight is 558 g/mol.